The van der Waals surface area contributed by atoms with Crippen LogP contribution in [0, 0.1) is 5.92 Å². The Labute approximate surface area is 160 Å². The Bertz CT molecular complexity index is 936. The normalized spacial score (nSPS) is 14.0. The topological polar surface area (TPSA) is 46.9 Å². The number of amides is 1. The molecule has 0 bridgehead atoms. The van der Waals surface area contributed by atoms with Gasteiger partial charge in [0.15, 0.2) is 0 Å². The predicted molar refractivity (Wildman–Crippen MR) is 109 cm³/mol. The number of imidazole rings is 1. The minimum Gasteiger partial charge on any atom is -0.355 e. The molecule has 1 aliphatic rings. The van der Waals surface area contributed by atoms with Crippen LogP contribution in [0.2, 0.25) is 0 Å². The van der Waals surface area contributed by atoms with Crippen molar-refractivity contribution in [1.29, 1.82) is 0 Å². The number of rotatable bonds is 7. The van der Waals surface area contributed by atoms with Gasteiger partial charge in [0.2, 0.25) is 5.91 Å². The van der Waals surface area contributed by atoms with E-state index in [1.54, 1.807) is 0 Å². The number of para-hydroxylation sites is 2. The fourth-order valence-corrected chi connectivity index (χ4v) is 3.47. The molecule has 1 saturated carbocycles. The van der Waals surface area contributed by atoms with Crippen LogP contribution in [0.25, 0.3) is 11.0 Å². The Hall–Kier alpha value is -2.62. The van der Waals surface area contributed by atoms with E-state index in [1.165, 1.54) is 11.1 Å². The Morgan fingerprint density at radius 2 is 1.89 bits per heavy atom. The smallest absolute Gasteiger partial charge is 0.223 e. The van der Waals surface area contributed by atoms with Gasteiger partial charge < -0.3 is 9.88 Å². The van der Waals surface area contributed by atoms with Crippen molar-refractivity contribution in [1.82, 2.24) is 14.9 Å². The van der Waals surface area contributed by atoms with Gasteiger partial charge in [-0.2, -0.15) is 0 Å². The first kappa shape index (κ1) is 17.8. The number of benzene rings is 2. The molecule has 3 aromatic rings. The molecule has 0 atom stereocenters. The Morgan fingerprint density at radius 3 is 2.59 bits per heavy atom. The van der Waals surface area contributed by atoms with Crippen molar-refractivity contribution in [3.05, 3.63) is 65.5 Å². The van der Waals surface area contributed by atoms with Crippen molar-refractivity contribution in [2.24, 2.45) is 5.92 Å². The van der Waals surface area contributed by atoms with Gasteiger partial charge in [-0.25, -0.2) is 4.98 Å². The van der Waals surface area contributed by atoms with Crippen molar-refractivity contribution < 1.29 is 4.79 Å². The number of hydrogen-bond donors (Lipinski definition) is 1. The second kappa shape index (κ2) is 7.55. The quantitative estimate of drug-likeness (QED) is 0.683. The van der Waals surface area contributed by atoms with E-state index in [-0.39, 0.29) is 11.8 Å². The summed E-state index contributed by atoms with van der Waals surface area (Å²) in [6.07, 6.45) is 2.82. The highest BCUT2D eigenvalue weighted by Gasteiger charge is 2.29. The van der Waals surface area contributed by atoms with E-state index in [9.17, 15) is 4.79 Å². The maximum Gasteiger partial charge on any atom is 0.223 e. The first-order chi connectivity index (χ1) is 13.1. The zero-order valence-electron chi connectivity index (χ0n) is 16.1. The highest BCUT2D eigenvalue weighted by atomic mass is 16.2. The summed E-state index contributed by atoms with van der Waals surface area (Å²) in [5, 5.41) is 3.06. The molecule has 4 nitrogen and oxygen atoms in total. The van der Waals surface area contributed by atoms with Gasteiger partial charge in [0.1, 0.15) is 5.82 Å². The summed E-state index contributed by atoms with van der Waals surface area (Å²) < 4.78 is 2.28. The van der Waals surface area contributed by atoms with E-state index in [2.05, 4.69) is 66.2 Å². The van der Waals surface area contributed by atoms with E-state index in [1.807, 2.05) is 6.07 Å². The van der Waals surface area contributed by atoms with E-state index in [0.717, 1.165) is 42.7 Å². The lowest BCUT2D eigenvalue weighted by Crippen LogP contribution is -2.27. The van der Waals surface area contributed by atoms with Crippen molar-refractivity contribution in [2.45, 2.75) is 45.6 Å². The van der Waals surface area contributed by atoms with Gasteiger partial charge in [-0.3, -0.25) is 4.79 Å². The predicted octanol–water partition coefficient (Wildman–Crippen LogP) is 4.28. The zero-order valence-corrected chi connectivity index (χ0v) is 16.1. The molecule has 1 amide bonds. The van der Waals surface area contributed by atoms with Crippen molar-refractivity contribution in [2.75, 3.05) is 6.54 Å². The van der Waals surface area contributed by atoms with Crippen LogP contribution in [0.1, 0.15) is 49.6 Å². The summed E-state index contributed by atoms with van der Waals surface area (Å²) in [6.45, 7) is 5.87. The van der Waals surface area contributed by atoms with Crippen molar-refractivity contribution in [3.63, 3.8) is 0 Å². The van der Waals surface area contributed by atoms with Gasteiger partial charge >= 0.3 is 0 Å². The lowest BCUT2D eigenvalue weighted by Gasteiger charge is -2.12. The second-order valence-electron chi connectivity index (χ2n) is 7.81. The lowest BCUT2D eigenvalue weighted by atomic mass is 10.0. The van der Waals surface area contributed by atoms with Crippen LogP contribution < -0.4 is 5.32 Å². The summed E-state index contributed by atoms with van der Waals surface area (Å²) in [6, 6.07) is 17.1. The maximum absolute atomic E-state index is 11.9. The number of aromatic nitrogens is 2. The van der Waals surface area contributed by atoms with Crippen LogP contribution in [0.5, 0.6) is 0 Å². The fraction of sp³-hybridized carbons (Fsp3) is 0.391. The minimum absolute atomic E-state index is 0.196. The average molecular weight is 361 g/mol. The molecular weight excluding hydrogens is 334 g/mol. The van der Waals surface area contributed by atoms with E-state index in [4.69, 9.17) is 4.98 Å². The summed E-state index contributed by atoms with van der Waals surface area (Å²) in [5.41, 5.74) is 4.79. The molecule has 27 heavy (non-hydrogen) atoms. The number of carbonyl (C=O) groups excluding carboxylic acids is 1. The SMILES string of the molecule is CC(C)c1ccc(Cn2c(CCNC(=O)C3CC3)nc3ccccc32)cc1. The number of fused-ring (bicyclic) bond motifs is 1. The first-order valence-corrected chi connectivity index (χ1v) is 9.92. The first-order valence-electron chi connectivity index (χ1n) is 9.92. The van der Waals surface area contributed by atoms with Gasteiger partial charge in [-0.1, -0.05) is 50.2 Å². The molecule has 140 valence electrons. The molecular formula is C23H27N3O. The highest BCUT2D eigenvalue weighted by Crippen LogP contribution is 2.28. The Balaban J connectivity index is 1.54. The number of nitrogens with one attached hydrogen (secondary N) is 1. The molecule has 0 radical (unpaired) electrons. The standard InChI is InChI=1S/C23H27N3O/c1-16(2)18-9-7-17(8-10-18)15-26-21-6-4-3-5-20(21)25-22(26)13-14-24-23(27)19-11-12-19/h3-10,16,19H,11-15H2,1-2H3,(H,24,27). The molecule has 4 heteroatoms. The zero-order chi connectivity index (χ0) is 18.8. The summed E-state index contributed by atoms with van der Waals surface area (Å²) in [4.78, 5) is 16.7. The average Bonchev–Trinajstić information content (AvgIpc) is 3.47. The molecule has 0 spiro atoms. The van der Waals surface area contributed by atoms with E-state index < -0.39 is 0 Å². The third kappa shape index (κ3) is 4.05. The summed E-state index contributed by atoms with van der Waals surface area (Å²) >= 11 is 0. The van der Waals surface area contributed by atoms with Crippen molar-refractivity contribution >= 4 is 16.9 Å². The molecule has 2 aromatic carbocycles. The second-order valence-corrected chi connectivity index (χ2v) is 7.81. The molecule has 1 heterocycles. The third-order valence-electron chi connectivity index (χ3n) is 5.32. The fourth-order valence-electron chi connectivity index (χ4n) is 3.47. The van der Waals surface area contributed by atoms with Gasteiger partial charge in [-0.15, -0.1) is 0 Å². The molecule has 0 unspecified atom stereocenters. The maximum atomic E-state index is 11.9. The van der Waals surface area contributed by atoms with E-state index in [0.29, 0.717) is 12.5 Å². The molecule has 1 aromatic heterocycles. The van der Waals surface area contributed by atoms with Crippen LogP contribution >= 0.6 is 0 Å². The third-order valence-corrected chi connectivity index (χ3v) is 5.32. The van der Waals surface area contributed by atoms with Crippen LogP contribution in [-0.2, 0) is 17.8 Å². The Morgan fingerprint density at radius 1 is 1.15 bits per heavy atom. The van der Waals surface area contributed by atoms with Crippen molar-refractivity contribution in [3.8, 4) is 0 Å². The molecule has 4 rings (SSSR count). The lowest BCUT2D eigenvalue weighted by molar-refractivity contribution is -0.122. The molecule has 0 aliphatic heterocycles. The van der Waals surface area contributed by atoms with Crippen LogP contribution in [-0.4, -0.2) is 22.0 Å². The number of nitrogens with zero attached hydrogens (tertiary/aromatic N) is 2. The van der Waals surface area contributed by atoms with E-state index >= 15 is 0 Å². The number of hydrogen-bond acceptors (Lipinski definition) is 2. The summed E-state index contributed by atoms with van der Waals surface area (Å²) in [7, 11) is 0. The summed E-state index contributed by atoms with van der Waals surface area (Å²) in [5.74, 6) is 2.02. The minimum atomic E-state index is 0.196. The highest BCUT2D eigenvalue weighted by molar-refractivity contribution is 5.80. The molecule has 1 aliphatic carbocycles. The van der Waals surface area contributed by atoms with Gasteiger partial charge in [0.05, 0.1) is 11.0 Å². The largest absolute Gasteiger partial charge is 0.355 e. The van der Waals surface area contributed by atoms with Crippen LogP contribution in [0.4, 0.5) is 0 Å². The monoisotopic (exact) mass is 361 g/mol. The number of carbonyl (C=O) groups is 1. The van der Waals surface area contributed by atoms with Crippen LogP contribution in [0.15, 0.2) is 48.5 Å². The van der Waals surface area contributed by atoms with Crippen LogP contribution in [0.3, 0.4) is 0 Å². The van der Waals surface area contributed by atoms with Gasteiger partial charge in [0, 0.05) is 25.4 Å². The molecule has 0 saturated heterocycles. The van der Waals surface area contributed by atoms with Gasteiger partial charge in [-0.05, 0) is 42.0 Å². The Kier molecular flexibility index (Phi) is 4.97. The van der Waals surface area contributed by atoms with Gasteiger partial charge in [0.25, 0.3) is 0 Å². The molecule has 1 fully saturated rings. The molecule has 1 N–H and O–H groups in total.